The van der Waals surface area contributed by atoms with Gasteiger partial charge in [0, 0.05) is 31.6 Å². The number of hydrogen-bond acceptors (Lipinski definition) is 6. The van der Waals surface area contributed by atoms with Gasteiger partial charge in [0.15, 0.2) is 0 Å². The maximum Gasteiger partial charge on any atom is 0.270 e. The van der Waals surface area contributed by atoms with Crippen LogP contribution >= 0.6 is 11.3 Å². The number of aromatic nitrogens is 1. The average molecular weight is 321 g/mol. The first-order valence-electron chi connectivity index (χ1n) is 7.03. The summed E-state index contributed by atoms with van der Waals surface area (Å²) < 4.78 is 5.98. The molecule has 0 spiro atoms. The minimum atomic E-state index is -0.421. The number of nitrogens with zero attached hydrogens (tertiary/aromatic N) is 2. The summed E-state index contributed by atoms with van der Waals surface area (Å²) in [6.07, 6.45) is 1.75. The van der Waals surface area contributed by atoms with Crippen LogP contribution in [-0.4, -0.2) is 35.1 Å². The summed E-state index contributed by atoms with van der Waals surface area (Å²) in [4.78, 5) is 26.6. The number of aryl methyl sites for hydroxylation is 1. The highest BCUT2D eigenvalue weighted by Crippen LogP contribution is 2.26. The second kappa shape index (κ2) is 6.37. The molecule has 1 aromatic carbocycles. The third kappa shape index (κ3) is 3.40. The number of fused-ring (bicyclic) bond motifs is 1. The molecule has 1 fully saturated rings. The van der Waals surface area contributed by atoms with Gasteiger partial charge in [-0.1, -0.05) is 0 Å². The Bertz CT molecular complexity index is 709. The molecule has 1 amide bonds. The Balaban J connectivity index is 1.61. The summed E-state index contributed by atoms with van der Waals surface area (Å²) in [5.41, 5.74) is 0.789. The van der Waals surface area contributed by atoms with Crippen LogP contribution in [0, 0.1) is 10.1 Å². The summed E-state index contributed by atoms with van der Waals surface area (Å²) in [5, 5.41) is 14.5. The molecule has 22 heavy (non-hydrogen) atoms. The molecule has 2 aromatic rings. The molecule has 2 heterocycles. The maximum absolute atomic E-state index is 11.9. The van der Waals surface area contributed by atoms with Gasteiger partial charge in [-0.3, -0.25) is 14.9 Å². The zero-order valence-electron chi connectivity index (χ0n) is 11.8. The molecule has 1 saturated heterocycles. The van der Waals surface area contributed by atoms with Crippen LogP contribution in [-0.2, 0) is 16.0 Å². The smallest absolute Gasteiger partial charge is 0.270 e. The third-order valence-corrected chi connectivity index (χ3v) is 4.57. The number of ether oxygens (including phenoxy) is 1. The van der Waals surface area contributed by atoms with Crippen molar-refractivity contribution in [1.29, 1.82) is 0 Å². The lowest BCUT2D eigenvalue weighted by Crippen LogP contribution is -2.35. The van der Waals surface area contributed by atoms with Crippen LogP contribution in [0.4, 0.5) is 5.69 Å². The van der Waals surface area contributed by atoms with Crippen LogP contribution in [0.1, 0.15) is 17.8 Å². The zero-order chi connectivity index (χ0) is 15.5. The number of non-ortho nitro benzene ring substituents is 1. The van der Waals surface area contributed by atoms with Crippen molar-refractivity contribution in [1.82, 2.24) is 10.3 Å². The van der Waals surface area contributed by atoms with Crippen LogP contribution in [0.3, 0.4) is 0 Å². The number of thiazole rings is 1. The second-order valence-corrected chi connectivity index (χ2v) is 6.26. The molecular weight excluding hydrogens is 306 g/mol. The van der Waals surface area contributed by atoms with E-state index in [4.69, 9.17) is 4.74 Å². The summed E-state index contributed by atoms with van der Waals surface area (Å²) in [6.45, 7) is 1.28. The van der Waals surface area contributed by atoms with Crippen LogP contribution < -0.4 is 5.32 Å². The van der Waals surface area contributed by atoms with E-state index < -0.39 is 4.92 Å². The van der Waals surface area contributed by atoms with Crippen molar-refractivity contribution in [3.63, 3.8) is 0 Å². The first kappa shape index (κ1) is 14.9. The van der Waals surface area contributed by atoms with E-state index in [9.17, 15) is 14.9 Å². The zero-order valence-corrected chi connectivity index (χ0v) is 12.6. The number of carbonyl (C=O) groups excluding carboxylic acids is 1. The number of amides is 1. The van der Waals surface area contributed by atoms with Crippen molar-refractivity contribution in [2.75, 3.05) is 13.2 Å². The van der Waals surface area contributed by atoms with E-state index in [0.717, 1.165) is 21.6 Å². The van der Waals surface area contributed by atoms with Gasteiger partial charge < -0.3 is 10.1 Å². The monoisotopic (exact) mass is 321 g/mol. The normalized spacial score (nSPS) is 17.7. The predicted molar refractivity (Wildman–Crippen MR) is 82.0 cm³/mol. The number of carbonyl (C=O) groups is 1. The van der Waals surface area contributed by atoms with Crippen molar-refractivity contribution in [2.45, 2.75) is 25.3 Å². The van der Waals surface area contributed by atoms with Gasteiger partial charge in [-0.25, -0.2) is 4.98 Å². The molecule has 1 N–H and O–H groups in total. The molecule has 116 valence electrons. The largest absolute Gasteiger partial charge is 0.379 e. The first-order valence-corrected chi connectivity index (χ1v) is 7.84. The Labute approximate surface area is 130 Å². The highest BCUT2D eigenvalue weighted by molar-refractivity contribution is 7.18. The van der Waals surface area contributed by atoms with Crippen molar-refractivity contribution < 1.29 is 14.5 Å². The molecule has 1 unspecified atom stereocenters. The van der Waals surface area contributed by atoms with E-state index in [1.807, 2.05) is 0 Å². The van der Waals surface area contributed by atoms with Crippen molar-refractivity contribution >= 4 is 33.1 Å². The summed E-state index contributed by atoms with van der Waals surface area (Å²) in [7, 11) is 0. The number of rotatable bonds is 5. The fourth-order valence-corrected chi connectivity index (χ4v) is 3.35. The average Bonchev–Trinajstić information content (AvgIpc) is 3.12. The van der Waals surface area contributed by atoms with Gasteiger partial charge in [0.05, 0.1) is 32.8 Å². The molecule has 1 aliphatic heterocycles. The maximum atomic E-state index is 11.9. The quantitative estimate of drug-likeness (QED) is 0.672. The number of nitro benzene ring substituents is 1. The Hall–Kier alpha value is -2.06. The van der Waals surface area contributed by atoms with Gasteiger partial charge in [0.25, 0.3) is 5.69 Å². The van der Waals surface area contributed by atoms with Gasteiger partial charge in [-0.15, -0.1) is 11.3 Å². The summed E-state index contributed by atoms with van der Waals surface area (Å²) in [6, 6.07) is 4.72. The highest BCUT2D eigenvalue weighted by Gasteiger charge is 2.18. The Morgan fingerprint density at radius 3 is 3.14 bits per heavy atom. The Kier molecular flexibility index (Phi) is 4.30. The molecule has 0 saturated carbocycles. The molecule has 8 heteroatoms. The lowest BCUT2D eigenvalue weighted by atomic mass is 10.2. The van der Waals surface area contributed by atoms with Crippen LogP contribution in [0.2, 0.25) is 0 Å². The Morgan fingerprint density at radius 2 is 2.41 bits per heavy atom. The summed E-state index contributed by atoms with van der Waals surface area (Å²) >= 11 is 1.39. The number of nitrogens with one attached hydrogen (secondary N) is 1. The van der Waals surface area contributed by atoms with E-state index in [1.165, 1.54) is 23.5 Å². The molecule has 0 bridgehead atoms. The molecule has 0 aliphatic carbocycles. The van der Waals surface area contributed by atoms with Crippen molar-refractivity contribution in [3.05, 3.63) is 33.3 Å². The van der Waals surface area contributed by atoms with Gasteiger partial charge in [-0.05, 0) is 12.5 Å². The molecule has 3 rings (SSSR count). The first-order chi connectivity index (χ1) is 10.6. The van der Waals surface area contributed by atoms with E-state index in [2.05, 4.69) is 10.3 Å². The Morgan fingerprint density at radius 1 is 1.55 bits per heavy atom. The minimum absolute atomic E-state index is 0.0132. The van der Waals surface area contributed by atoms with Crippen LogP contribution in [0.15, 0.2) is 18.2 Å². The van der Waals surface area contributed by atoms with E-state index in [0.29, 0.717) is 26.1 Å². The van der Waals surface area contributed by atoms with Crippen molar-refractivity contribution in [2.24, 2.45) is 0 Å². The minimum Gasteiger partial charge on any atom is -0.379 e. The highest BCUT2D eigenvalue weighted by atomic mass is 32.1. The van der Waals surface area contributed by atoms with Crippen LogP contribution in [0.25, 0.3) is 10.2 Å². The number of benzene rings is 1. The van der Waals surface area contributed by atoms with E-state index >= 15 is 0 Å². The predicted octanol–water partition coefficient (Wildman–Crippen LogP) is 2.04. The topological polar surface area (TPSA) is 94.4 Å². The number of nitro groups is 1. The van der Waals surface area contributed by atoms with Gasteiger partial charge in [0.2, 0.25) is 5.91 Å². The molecular formula is C14H15N3O4S. The standard InChI is InChI=1S/C14H15N3O4S/c18-13(15-9-5-6-21-8-9)3-4-14-16-11-2-1-10(17(19)20)7-12(11)22-14/h1-2,7,9H,3-6,8H2,(H,15,18). The molecule has 0 radical (unpaired) electrons. The molecule has 1 aromatic heterocycles. The summed E-state index contributed by atoms with van der Waals surface area (Å²) in [5.74, 6) is -0.0132. The fourth-order valence-electron chi connectivity index (χ4n) is 2.35. The van der Waals surface area contributed by atoms with E-state index in [-0.39, 0.29) is 17.6 Å². The van der Waals surface area contributed by atoms with Crippen molar-refractivity contribution in [3.8, 4) is 0 Å². The third-order valence-electron chi connectivity index (χ3n) is 3.49. The molecule has 1 aliphatic rings. The van der Waals surface area contributed by atoms with E-state index in [1.54, 1.807) is 6.07 Å². The molecule has 7 nitrogen and oxygen atoms in total. The lowest BCUT2D eigenvalue weighted by Gasteiger charge is -2.09. The lowest BCUT2D eigenvalue weighted by molar-refractivity contribution is -0.384. The van der Waals surface area contributed by atoms with Gasteiger partial charge >= 0.3 is 0 Å². The SMILES string of the molecule is O=C(CCc1nc2ccc([N+](=O)[O-])cc2s1)NC1CCOC1. The van der Waals surface area contributed by atoms with Crippen LogP contribution in [0.5, 0.6) is 0 Å². The number of hydrogen-bond donors (Lipinski definition) is 1. The van der Waals surface area contributed by atoms with Gasteiger partial charge in [0.1, 0.15) is 0 Å². The van der Waals surface area contributed by atoms with Gasteiger partial charge in [-0.2, -0.15) is 0 Å². The fraction of sp³-hybridized carbons (Fsp3) is 0.429. The molecule has 1 atom stereocenters. The second-order valence-electron chi connectivity index (χ2n) is 5.14.